The maximum absolute atomic E-state index is 9.07. The smallest absolute Gasteiger partial charge is 0.163 e. The molecule has 0 unspecified atom stereocenters. The molecule has 1 aromatic rings. The molecule has 6 heteroatoms. The lowest BCUT2D eigenvalue weighted by Crippen LogP contribution is -2.04. The summed E-state index contributed by atoms with van der Waals surface area (Å²) in [5.41, 5.74) is 0.714. The van der Waals surface area contributed by atoms with Crippen molar-refractivity contribution >= 4 is 5.69 Å². The lowest BCUT2D eigenvalue weighted by molar-refractivity contribution is 1.32. The first-order valence-corrected chi connectivity index (χ1v) is 5.27. The number of nitrogens with zero attached hydrogens (tertiary/aromatic N) is 5. The van der Waals surface area contributed by atoms with Crippen LogP contribution in [0.4, 0.5) is 5.69 Å². The second-order valence-electron chi connectivity index (χ2n) is 3.65. The molecule has 1 aromatic carbocycles. The number of hydrogen-bond donors (Lipinski definition) is 1. The standard InChI is InChI=1S/C14H6N6/c1-9-2-10(4-15)3-11(5-16)14(9)20-13(8-19)12(6-17)7-18/h2-3,20H,1H3. The molecule has 20 heavy (non-hydrogen) atoms. The number of hydrogen-bond acceptors (Lipinski definition) is 6. The molecule has 0 saturated carbocycles. The molecule has 0 fully saturated rings. The molecule has 6 nitrogen and oxygen atoms in total. The van der Waals surface area contributed by atoms with Crippen LogP contribution < -0.4 is 5.32 Å². The van der Waals surface area contributed by atoms with E-state index in [9.17, 15) is 0 Å². The highest BCUT2D eigenvalue weighted by molar-refractivity contribution is 5.69. The van der Waals surface area contributed by atoms with Gasteiger partial charge in [-0.3, -0.25) is 0 Å². The molecule has 0 bridgehead atoms. The van der Waals surface area contributed by atoms with Crippen LogP contribution in [0.2, 0.25) is 0 Å². The molecule has 0 aromatic heterocycles. The quantitative estimate of drug-likeness (QED) is 0.806. The van der Waals surface area contributed by atoms with E-state index < -0.39 is 0 Å². The zero-order valence-corrected chi connectivity index (χ0v) is 10.4. The molecular weight excluding hydrogens is 252 g/mol. The van der Waals surface area contributed by atoms with Crippen molar-refractivity contribution in [1.82, 2.24) is 0 Å². The average molecular weight is 258 g/mol. The molecular formula is C14H6N6. The number of benzene rings is 1. The van der Waals surface area contributed by atoms with Crippen LogP contribution in [0.1, 0.15) is 16.7 Å². The predicted molar refractivity (Wildman–Crippen MR) is 68.1 cm³/mol. The molecule has 1 rings (SSSR count). The van der Waals surface area contributed by atoms with Gasteiger partial charge in [0.15, 0.2) is 5.57 Å². The molecule has 0 heterocycles. The first-order chi connectivity index (χ1) is 9.60. The summed E-state index contributed by atoms with van der Waals surface area (Å²) in [7, 11) is 0. The van der Waals surface area contributed by atoms with Crippen molar-refractivity contribution in [2.24, 2.45) is 0 Å². The van der Waals surface area contributed by atoms with Gasteiger partial charge in [0, 0.05) is 0 Å². The van der Waals surface area contributed by atoms with Crippen LogP contribution in [0, 0.1) is 63.6 Å². The van der Waals surface area contributed by atoms with E-state index >= 15 is 0 Å². The molecule has 0 aliphatic carbocycles. The van der Waals surface area contributed by atoms with E-state index in [2.05, 4.69) is 5.32 Å². The zero-order chi connectivity index (χ0) is 15.1. The van der Waals surface area contributed by atoms with Crippen LogP contribution >= 0.6 is 0 Å². The lowest BCUT2D eigenvalue weighted by atomic mass is 10.0. The number of anilines is 1. The maximum Gasteiger partial charge on any atom is 0.163 e. The van der Waals surface area contributed by atoms with Crippen LogP contribution in [0.3, 0.4) is 0 Å². The normalized spacial score (nSPS) is 8.00. The van der Waals surface area contributed by atoms with E-state index in [1.807, 2.05) is 12.1 Å². The van der Waals surface area contributed by atoms with Crippen molar-refractivity contribution in [1.29, 1.82) is 26.3 Å². The number of allylic oxidation sites excluding steroid dienone is 2. The van der Waals surface area contributed by atoms with Gasteiger partial charge in [0.1, 0.15) is 30.0 Å². The van der Waals surface area contributed by atoms with E-state index in [0.29, 0.717) is 16.8 Å². The summed E-state index contributed by atoms with van der Waals surface area (Å²) in [6, 6.07) is 11.6. The minimum atomic E-state index is -0.375. The summed E-state index contributed by atoms with van der Waals surface area (Å²) in [6.45, 7) is 1.65. The van der Waals surface area contributed by atoms with Crippen LogP contribution in [0.25, 0.3) is 0 Å². The van der Waals surface area contributed by atoms with E-state index in [0.717, 1.165) is 0 Å². The average Bonchev–Trinajstić information content (AvgIpc) is 2.48. The largest absolute Gasteiger partial charge is 0.344 e. The Hall–Kier alpha value is -3.79. The van der Waals surface area contributed by atoms with Gasteiger partial charge in [-0.15, -0.1) is 0 Å². The second kappa shape index (κ2) is 6.23. The summed E-state index contributed by atoms with van der Waals surface area (Å²) in [5.74, 6) is 0. The highest BCUT2D eigenvalue weighted by atomic mass is 14.9. The van der Waals surface area contributed by atoms with Gasteiger partial charge in [-0.05, 0) is 24.6 Å². The Morgan fingerprint density at radius 3 is 2.05 bits per heavy atom. The predicted octanol–water partition coefficient (Wildman–Crippen LogP) is 1.98. The van der Waals surface area contributed by atoms with Crippen LogP contribution in [-0.2, 0) is 0 Å². The minimum Gasteiger partial charge on any atom is -0.344 e. The lowest BCUT2D eigenvalue weighted by Gasteiger charge is -2.10. The molecule has 0 radical (unpaired) electrons. The van der Waals surface area contributed by atoms with Crippen molar-refractivity contribution in [2.45, 2.75) is 6.92 Å². The number of nitriles is 5. The molecule has 0 saturated heterocycles. The molecule has 0 spiro atoms. The topological polar surface area (TPSA) is 131 Å². The third kappa shape index (κ3) is 2.72. The fourth-order valence-corrected chi connectivity index (χ4v) is 1.51. The molecule has 0 atom stereocenters. The van der Waals surface area contributed by atoms with Gasteiger partial charge in [-0.25, -0.2) is 0 Å². The van der Waals surface area contributed by atoms with Crippen molar-refractivity contribution in [2.75, 3.05) is 5.32 Å². The number of rotatable bonds is 2. The summed E-state index contributed by atoms with van der Waals surface area (Å²) < 4.78 is 0. The fourth-order valence-electron chi connectivity index (χ4n) is 1.51. The summed E-state index contributed by atoms with van der Waals surface area (Å²) in [6.07, 6.45) is 0. The highest BCUT2D eigenvalue weighted by Gasteiger charge is 2.12. The molecule has 0 aliphatic rings. The van der Waals surface area contributed by atoms with Crippen molar-refractivity contribution in [3.8, 4) is 30.3 Å². The Bertz CT molecular complexity index is 781. The zero-order valence-electron chi connectivity index (χ0n) is 10.4. The minimum absolute atomic E-state index is 0.157. The van der Waals surface area contributed by atoms with Gasteiger partial charge >= 0.3 is 0 Å². The molecule has 92 valence electrons. The molecule has 0 aliphatic heterocycles. The van der Waals surface area contributed by atoms with Gasteiger partial charge < -0.3 is 5.32 Å². The first-order valence-electron chi connectivity index (χ1n) is 5.27. The van der Waals surface area contributed by atoms with E-state index in [1.165, 1.54) is 12.1 Å². The Morgan fingerprint density at radius 1 is 0.950 bits per heavy atom. The van der Waals surface area contributed by atoms with Crippen LogP contribution in [0.15, 0.2) is 23.4 Å². The second-order valence-corrected chi connectivity index (χ2v) is 3.65. The van der Waals surface area contributed by atoms with E-state index in [1.54, 1.807) is 25.1 Å². The van der Waals surface area contributed by atoms with Gasteiger partial charge in [0.2, 0.25) is 0 Å². The monoisotopic (exact) mass is 258 g/mol. The maximum atomic E-state index is 9.07. The SMILES string of the molecule is Cc1cc(C#N)cc(C#N)c1NC(C#N)=C(C#N)C#N. The summed E-state index contributed by atoms with van der Waals surface area (Å²) >= 11 is 0. The first kappa shape index (κ1) is 14.3. The van der Waals surface area contributed by atoms with Crippen molar-refractivity contribution in [3.05, 3.63) is 40.1 Å². The van der Waals surface area contributed by atoms with E-state index in [-0.39, 0.29) is 16.8 Å². The summed E-state index contributed by atoms with van der Waals surface area (Å²) in [4.78, 5) is 0. The third-order valence-electron chi connectivity index (χ3n) is 2.42. The van der Waals surface area contributed by atoms with Crippen LogP contribution in [0.5, 0.6) is 0 Å². The van der Waals surface area contributed by atoms with Crippen molar-refractivity contribution in [3.63, 3.8) is 0 Å². The fraction of sp³-hybridized carbons (Fsp3) is 0.0714. The Balaban J connectivity index is 3.46. The van der Waals surface area contributed by atoms with E-state index in [4.69, 9.17) is 26.3 Å². The van der Waals surface area contributed by atoms with Gasteiger partial charge in [0.25, 0.3) is 0 Å². The summed E-state index contributed by atoms with van der Waals surface area (Å²) in [5, 5.41) is 47.0. The Labute approximate surface area is 115 Å². The Kier molecular flexibility index (Phi) is 4.44. The highest BCUT2D eigenvalue weighted by Crippen LogP contribution is 2.24. The third-order valence-corrected chi connectivity index (χ3v) is 2.42. The van der Waals surface area contributed by atoms with Gasteiger partial charge in [0.05, 0.1) is 22.9 Å². The van der Waals surface area contributed by atoms with Gasteiger partial charge in [-0.1, -0.05) is 0 Å². The molecule has 1 N–H and O–H groups in total. The van der Waals surface area contributed by atoms with Crippen molar-refractivity contribution < 1.29 is 0 Å². The van der Waals surface area contributed by atoms with Crippen LogP contribution in [-0.4, -0.2) is 0 Å². The van der Waals surface area contributed by atoms with Gasteiger partial charge in [-0.2, -0.15) is 26.3 Å². The number of aryl methyl sites for hydroxylation is 1. The Morgan fingerprint density at radius 2 is 1.60 bits per heavy atom. The molecule has 0 amide bonds. The number of nitrogens with one attached hydrogen (secondary N) is 1.